The van der Waals surface area contributed by atoms with E-state index < -0.39 is 10.0 Å². The average molecular weight is 414 g/mol. The normalized spacial score (nSPS) is 17.2. The highest BCUT2D eigenvalue weighted by atomic mass is 32.2. The van der Waals surface area contributed by atoms with Gasteiger partial charge < -0.3 is 4.90 Å². The Hall–Kier alpha value is -2.78. The molecule has 1 amide bonds. The minimum Gasteiger partial charge on any atom is -0.328 e. The zero-order valence-electron chi connectivity index (χ0n) is 16.6. The monoisotopic (exact) mass is 413 g/mol. The van der Waals surface area contributed by atoms with Crippen LogP contribution >= 0.6 is 0 Å². The van der Waals surface area contributed by atoms with E-state index in [2.05, 4.69) is 14.9 Å². The summed E-state index contributed by atoms with van der Waals surface area (Å²) >= 11 is 0. The largest absolute Gasteiger partial charge is 0.328 e. The second kappa shape index (κ2) is 7.23. The molecule has 1 atom stereocenters. The van der Waals surface area contributed by atoms with Crippen LogP contribution in [0.1, 0.15) is 46.2 Å². The maximum absolute atomic E-state index is 13.4. The maximum Gasteiger partial charge on any atom is 0.254 e. The van der Waals surface area contributed by atoms with Crippen molar-refractivity contribution in [2.75, 3.05) is 13.6 Å². The molecule has 0 saturated carbocycles. The number of pyridine rings is 1. The Labute approximate surface area is 169 Å². The number of sulfonamides is 1. The fraction of sp³-hybridized carbons (Fsp3) is 0.350. The van der Waals surface area contributed by atoms with Crippen molar-refractivity contribution in [3.63, 3.8) is 0 Å². The molecule has 1 N–H and O–H groups in total. The summed E-state index contributed by atoms with van der Waals surface area (Å²) in [5.41, 5.74) is 2.49. The van der Waals surface area contributed by atoms with Crippen LogP contribution in [0.15, 0.2) is 41.4 Å². The van der Waals surface area contributed by atoms with E-state index in [1.807, 2.05) is 35.7 Å². The number of likely N-dealkylation sites (tertiary alicyclic amines) is 1. The molecule has 1 fully saturated rings. The fourth-order valence-corrected chi connectivity index (χ4v) is 4.94. The van der Waals surface area contributed by atoms with Crippen molar-refractivity contribution in [2.24, 2.45) is 0 Å². The molecule has 4 rings (SSSR count). The lowest BCUT2D eigenvalue weighted by atomic mass is 10.0. The van der Waals surface area contributed by atoms with E-state index in [0.29, 0.717) is 17.7 Å². The minimum absolute atomic E-state index is 0.132. The van der Waals surface area contributed by atoms with Gasteiger partial charge >= 0.3 is 0 Å². The number of rotatable bonds is 4. The average Bonchev–Trinajstić information content (AvgIpc) is 3.35. The summed E-state index contributed by atoms with van der Waals surface area (Å²) < 4.78 is 29.1. The van der Waals surface area contributed by atoms with E-state index in [0.717, 1.165) is 29.9 Å². The molecule has 0 bridgehead atoms. The Morgan fingerprint density at radius 1 is 1.21 bits per heavy atom. The lowest BCUT2D eigenvalue weighted by Gasteiger charge is -2.24. The number of carbonyl (C=O) groups is 1. The topological polar surface area (TPSA) is 96.7 Å². The van der Waals surface area contributed by atoms with E-state index in [4.69, 9.17) is 0 Å². The molecule has 0 spiro atoms. The number of nitrogens with one attached hydrogen (secondary N) is 1. The van der Waals surface area contributed by atoms with Gasteiger partial charge in [0.25, 0.3) is 5.91 Å². The second-order valence-electron chi connectivity index (χ2n) is 7.27. The number of aryl methyl sites for hydroxylation is 1. The minimum atomic E-state index is -3.66. The van der Waals surface area contributed by atoms with Gasteiger partial charge in [0.15, 0.2) is 11.5 Å². The van der Waals surface area contributed by atoms with Crippen LogP contribution in [0, 0.1) is 13.8 Å². The molecule has 1 aromatic carbocycles. The van der Waals surface area contributed by atoms with E-state index in [-0.39, 0.29) is 16.8 Å². The fourth-order valence-electron chi connectivity index (χ4n) is 3.87. The van der Waals surface area contributed by atoms with Gasteiger partial charge in [-0.3, -0.25) is 9.20 Å². The van der Waals surface area contributed by atoms with Gasteiger partial charge in [0.2, 0.25) is 10.0 Å². The summed E-state index contributed by atoms with van der Waals surface area (Å²) in [6.07, 6.45) is 3.53. The molecule has 29 heavy (non-hydrogen) atoms. The van der Waals surface area contributed by atoms with Gasteiger partial charge in [0.1, 0.15) is 0 Å². The van der Waals surface area contributed by atoms with Crippen molar-refractivity contribution >= 4 is 21.6 Å². The summed E-state index contributed by atoms with van der Waals surface area (Å²) in [6.45, 7) is 4.15. The third kappa shape index (κ3) is 3.30. The zero-order chi connectivity index (χ0) is 20.8. The van der Waals surface area contributed by atoms with Gasteiger partial charge in [0.05, 0.1) is 10.9 Å². The summed E-state index contributed by atoms with van der Waals surface area (Å²) in [7, 11) is -2.30. The number of benzene rings is 1. The Kier molecular flexibility index (Phi) is 4.87. The summed E-state index contributed by atoms with van der Waals surface area (Å²) in [4.78, 5) is 15.3. The predicted octanol–water partition coefficient (Wildman–Crippen LogP) is 2.23. The molecule has 1 unspecified atom stereocenters. The van der Waals surface area contributed by atoms with Gasteiger partial charge in [-0.15, -0.1) is 10.2 Å². The first-order valence-electron chi connectivity index (χ1n) is 9.49. The van der Waals surface area contributed by atoms with Gasteiger partial charge in [-0.25, -0.2) is 13.1 Å². The van der Waals surface area contributed by atoms with Crippen LogP contribution < -0.4 is 4.72 Å². The first-order chi connectivity index (χ1) is 13.8. The SMILES string of the molecule is CNS(=O)(=O)c1cc(C(=O)N2CCCC2c2nnc3ccccn23)cc(C)c1C. The van der Waals surface area contributed by atoms with Crippen LogP contribution in [0.25, 0.3) is 5.65 Å². The molecule has 152 valence electrons. The Morgan fingerprint density at radius 3 is 2.76 bits per heavy atom. The molecule has 1 saturated heterocycles. The Balaban J connectivity index is 1.74. The summed E-state index contributed by atoms with van der Waals surface area (Å²) in [5, 5.41) is 8.52. The molecule has 8 nitrogen and oxygen atoms in total. The molecule has 0 radical (unpaired) electrons. The Bertz CT molecular complexity index is 1200. The van der Waals surface area contributed by atoms with Crippen LogP contribution in [-0.2, 0) is 10.0 Å². The smallest absolute Gasteiger partial charge is 0.254 e. The van der Waals surface area contributed by atoms with Crippen molar-refractivity contribution < 1.29 is 13.2 Å². The third-order valence-electron chi connectivity index (χ3n) is 5.58. The zero-order valence-corrected chi connectivity index (χ0v) is 17.4. The van der Waals surface area contributed by atoms with Gasteiger partial charge in [-0.2, -0.15) is 0 Å². The van der Waals surface area contributed by atoms with Gasteiger partial charge in [-0.1, -0.05) is 6.07 Å². The molecule has 0 aliphatic carbocycles. The lowest BCUT2D eigenvalue weighted by Crippen LogP contribution is -2.32. The van der Waals surface area contributed by atoms with Crippen molar-refractivity contribution in [3.8, 4) is 0 Å². The van der Waals surface area contributed by atoms with Gasteiger partial charge in [-0.05, 0) is 69.1 Å². The molecule has 1 aliphatic rings. The number of aromatic nitrogens is 3. The van der Waals surface area contributed by atoms with Crippen molar-refractivity contribution in [1.82, 2.24) is 24.2 Å². The second-order valence-corrected chi connectivity index (χ2v) is 9.12. The number of fused-ring (bicyclic) bond motifs is 1. The quantitative estimate of drug-likeness (QED) is 0.708. The highest BCUT2D eigenvalue weighted by molar-refractivity contribution is 7.89. The van der Waals surface area contributed by atoms with E-state index in [1.54, 1.807) is 17.9 Å². The van der Waals surface area contributed by atoms with Crippen molar-refractivity contribution in [1.29, 1.82) is 0 Å². The van der Waals surface area contributed by atoms with E-state index in [1.165, 1.54) is 13.1 Å². The van der Waals surface area contributed by atoms with Crippen LogP contribution in [-0.4, -0.2) is 47.4 Å². The van der Waals surface area contributed by atoms with Gasteiger partial charge in [0, 0.05) is 18.3 Å². The molecule has 1 aliphatic heterocycles. The number of nitrogens with zero attached hydrogens (tertiary/aromatic N) is 4. The van der Waals surface area contributed by atoms with Crippen LogP contribution in [0.2, 0.25) is 0 Å². The molecular formula is C20H23N5O3S. The highest BCUT2D eigenvalue weighted by Crippen LogP contribution is 2.33. The highest BCUT2D eigenvalue weighted by Gasteiger charge is 2.34. The van der Waals surface area contributed by atoms with Crippen LogP contribution in [0.5, 0.6) is 0 Å². The van der Waals surface area contributed by atoms with Crippen molar-refractivity contribution in [3.05, 3.63) is 59.0 Å². The van der Waals surface area contributed by atoms with Crippen LogP contribution in [0.4, 0.5) is 0 Å². The molecule has 3 aromatic rings. The first-order valence-corrected chi connectivity index (χ1v) is 11.0. The molecular weight excluding hydrogens is 390 g/mol. The number of carbonyl (C=O) groups excluding carboxylic acids is 1. The molecule has 9 heteroatoms. The molecule has 3 heterocycles. The number of hydrogen-bond acceptors (Lipinski definition) is 5. The summed E-state index contributed by atoms with van der Waals surface area (Å²) in [5.74, 6) is 0.522. The van der Waals surface area contributed by atoms with Crippen LogP contribution in [0.3, 0.4) is 0 Å². The van der Waals surface area contributed by atoms with Crippen molar-refractivity contribution in [2.45, 2.75) is 37.6 Å². The standard InChI is InChI=1S/C20H23N5O3S/c1-13-11-15(12-17(14(13)2)29(27,28)21-3)20(26)24-10-6-7-16(24)19-23-22-18-8-4-5-9-25(18)19/h4-5,8-9,11-12,16,21H,6-7,10H2,1-3H3. The maximum atomic E-state index is 13.4. The first kappa shape index (κ1) is 19.5. The predicted molar refractivity (Wildman–Crippen MR) is 108 cm³/mol. The van der Waals surface area contributed by atoms with E-state index in [9.17, 15) is 13.2 Å². The summed E-state index contributed by atoms with van der Waals surface area (Å²) in [6, 6.07) is 8.68. The third-order valence-corrected chi connectivity index (χ3v) is 7.12. The lowest BCUT2D eigenvalue weighted by molar-refractivity contribution is 0.0729. The number of hydrogen-bond donors (Lipinski definition) is 1. The number of amides is 1. The van der Waals surface area contributed by atoms with E-state index >= 15 is 0 Å². The Morgan fingerprint density at radius 2 is 2.00 bits per heavy atom. The molecule has 2 aromatic heterocycles.